The van der Waals surface area contributed by atoms with Crippen LogP contribution in [0.4, 0.5) is 14.5 Å². The van der Waals surface area contributed by atoms with E-state index >= 15 is 0 Å². The maximum absolute atomic E-state index is 13.9. The first-order chi connectivity index (χ1) is 12.9. The lowest BCUT2D eigenvalue weighted by Crippen LogP contribution is -2.39. The maximum atomic E-state index is 13.9. The van der Waals surface area contributed by atoms with Gasteiger partial charge < -0.3 is 10.6 Å². The van der Waals surface area contributed by atoms with Crippen molar-refractivity contribution in [3.8, 4) is 0 Å². The summed E-state index contributed by atoms with van der Waals surface area (Å²) in [6, 6.07) is 9.01. The summed E-state index contributed by atoms with van der Waals surface area (Å²) in [7, 11) is 0. The molecule has 0 amide bonds. The van der Waals surface area contributed by atoms with E-state index in [2.05, 4.69) is 22.2 Å². The van der Waals surface area contributed by atoms with Crippen LogP contribution in [0.5, 0.6) is 0 Å². The van der Waals surface area contributed by atoms with Crippen LogP contribution >= 0.6 is 24.0 Å². The van der Waals surface area contributed by atoms with E-state index in [1.807, 2.05) is 0 Å². The van der Waals surface area contributed by atoms with E-state index in [-0.39, 0.29) is 36.2 Å². The van der Waals surface area contributed by atoms with E-state index in [1.54, 1.807) is 25.1 Å². The monoisotopic (exact) mass is 502 g/mol. The molecule has 0 saturated carbocycles. The van der Waals surface area contributed by atoms with E-state index in [0.29, 0.717) is 18.1 Å². The van der Waals surface area contributed by atoms with Crippen molar-refractivity contribution >= 4 is 35.6 Å². The summed E-state index contributed by atoms with van der Waals surface area (Å²) in [4.78, 5) is 14.6. The quantitative estimate of drug-likeness (QED) is 0.146. The Morgan fingerprint density at radius 3 is 2.54 bits per heavy atom. The number of nitro benzene ring substituents is 1. The van der Waals surface area contributed by atoms with Gasteiger partial charge in [0, 0.05) is 30.3 Å². The lowest BCUT2D eigenvalue weighted by atomic mass is 10.1. The smallest absolute Gasteiger partial charge is 0.269 e. The minimum atomic E-state index is -0.645. The number of guanidine groups is 1. The molecule has 0 fully saturated rings. The van der Waals surface area contributed by atoms with Crippen LogP contribution in [-0.2, 0) is 6.54 Å². The zero-order valence-electron chi connectivity index (χ0n) is 15.2. The molecule has 0 spiro atoms. The molecule has 0 heterocycles. The van der Waals surface area contributed by atoms with Gasteiger partial charge in [0.15, 0.2) is 5.96 Å². The molecule has 28 heavy (non-hydrogen) atoms. The van der Waals surface area contributed by atoms with Crippen LogP contribution in [0.25, 0.3) is 0 Å². The standard InChI is InChI=1S/C19H20F2N4O2.HI/c1-3-10-22-19(23-12-14-4-7-16(8-5-14)25(26)27)24-13(2)17-9-6-15(20)11-18(17)21;/h3-9,11,13H,1,10,12H2,2H3,(H2,22,23,24);1H. The van der Waals surface area contributed by atoms with Crippen LogP contribution in [0.3, 0.4) is 0 Å². The summed E-state index contributed by atoms with van der Waals surface area (Å²) < 4.78 is 27.0. The number of non-ortho nitro benzene ring substituents is 1. The lowest BCUT2D eigenvalue weighted by molar-refractivity contribution is -0.384. The summed E-state index contributed by atoms with van der Waals surface area (Å²) in [5.74, 6) is -0.877. The van der Waals surface area contributed by atoms with Gasteiger partial charge in [0.2, 0.25) is 0 Å². The molecule has 2 N–H and O–H groups in total. The molecule has 2 aromatic carbocycles. The summed E-state index contributed by atoms with van der Waals surface area (Å²) in [5, 5.41) is 16.8. The number of halogens is 3. The van der Waals surface area contributed by atoms with Crippen LogP contribution < -0.4 is 10.6 Å². The second kappa shape index (κ2) is 11.3. The van der Waals surface area contributed by atoms with Crippen LogP contribution in [0.1, 0.15) is 24.1 Å². The van der Waals surface area contributed by atoms with Gasteiger partial charge in [-0.3, -0.25) is 10.1 Å². The molecule has 9 heteroatoms. The molecule has 0 aliphatic carbocycles. The van der Waals surface area contributed by atoms with Crippen LogP contribution in [0.2, 0.25) is 0 Å². The highest BCUT2D eigenvalue weighted by Crippen LogP contribution is 2.18. The Morgan fingerprint density at radius 1 is 1.29 bits per heavy atom. The van der Waals surface area contributed by atoms with E-state index in [1.165, 1.54) is 24.3 Å². The highest BCUT2D eigenvalue weighted by atomic mass is 127. The number of aliphatic imine (C=N–C) groups is 1. The minimum absolute atomic E-state index is 0. The van der Waals surface area contributed by atoms with Gasteiger partial charge in [-0.1, -0.05) is 24.3 Å². The number of hydrogen-bond donors (Lipinski definition) is 2. The number of benzene rings is 2. The summed E-state index contributed by atoms with van der Waals surface area (Å²) >= 11 is 0. The molecule has 2 aromatic rings. The first-order valence-electron chi connectivity index (χ1n) is 8.24. The molecule has 0 aromatic heterocycles. The fourth-order valence-electron chi connectivity index (χ4n) is 2.35. The average molecular weight is 502 g/mol. The number of rotatable bonds is 7. The van der Waals surface area contributed by atoms with Gasteiger partial charge in [0.1, 0.15) is 11.6 Å². The Kier molecular flexibility index (Phi) is 9.49. The van der Waals surface area contributed by atoms with Crippen molar-refractivity contribution < 1.29 is 13.7 Å². The fourth-order valence-corrected chi connectivity index (χ4v) is 2.35. The Balaban J connectivity index is 0.00000392. The van der Waals surface area contributed by atoms with Gasteiger partial charge in [-0.15, -0.1) is 30.6 Å². The maximum Gasteiger partial charge on any atom is 0.269 e. The van der Waals surface area contributed by atoms with Crippen molar-refractivity contribution in [1.29, 1.82) is 0 Å². The molecular formula is C19H21F2IN4O2. The van der Waals surface area contributed by atoms with Crippen molar-refractivity contribution in [3.63, 3.8) is 0 Å². The Hall–Kier alpha value is -2.56. The molecule has 6 nitrogen and oxygen atoms in total. The van der Waals surface area contributed by atoms with Crippen molar-refractivity contribution in [2.24, 2.45) is 4.99 Å². The Bertz CT molecular complexity index is 844. The van der Waals surface area contributed by atoms with Crippen LogP contribution in [0.15, 0.2) is 60.1 Å². The predicted octanol–water partition coefficient (Wildman–Crippen LogP) is 4.47. The molecule has 0 aliphatic rings. The van der Waals surface area contributed by atoms with Crippen LogP contribution in [-0.4, -0.2) is 17.4 Å². The summed E-state index contributed by atoms with van der Waals surface area (Å²) in [6.07, 6.45) is 1.65. The molecule has 0 bridgehead atoms. The van der Waals surface area contributed by atoms with E-state index < -0.39 is 22.6 Å². The van der Waals surface area contributed by atoms with Crippen LogP contribution in [0, 0.1) is 21.7 Å². The van der Waals surface area contributed by atoms with Gasteiger partial charge in [0.25, 0.3) is 5.69 Å². The van der Waals surface area contributed by atoms with Gasteiger partial charge in [0.05, 0.1) is 17.5 Å². The van der Waals surface area contributed by atoms with Crippen molar-refractivity contribution in [2.45, 2.75) is 19.5 Å². The molecule has 150 valence electrons. The minimum Gasteiger partial charge on any atom is -0.353 e. The molecular weight excluding hydrogens is 481 g/mol. The SMILES string of the molecule is C=CCNC(=NCc1ccc([N+](=O)[O-])cc1)NC(C)c1ccc(F)cc1F.I. The predicted molar refractivity (Wildman–Crippen MR) is 116 cm³/mol. The van der Waals surface area contributed by atoms with E-state index in [9.17, 15) is 18.9 Å². The summed E-state index contributed by atoms with van der Waals surface area (Å²) in [6.45, 7) is 6.06. The zero-order valence-corrected chi connectivity index (χ0v) is 17.5. The third kappa shape index (κ3) is 6.87. The van der Waals surface area contributed by atoms with Gasteiger partial charge in [-0.05, 0) is 18.6 Å². The average Bonchev–Trinajstić information content (AvgIpc) is 2.64. The molecule has 1 unspecified atom stereocenters. The Labute approximate surface area is 178 Å². The van der Waals surface area contributed by atoms with Gasteiger partial charge in [-0.25, -0.2) is 13.8 Å². The third-order valence-electron chi connectivity index (χ3n) is 3.76. The van der Waals surface area contributed by atoms with Gasteiger partial charge in [-0.2, -0.15) is 0 Å². The van der Waals surface area contributed by atoms with Gasteiger partial charge >= 0.3 is 0 Å². The number of nitrogens with one attached hydrogen (secondary N) is 2. The largest absolute Gasteiger partial charge is 0.353 e. The van der Waals surface area contributed by atoms with Crippen molar-refractivity contribution in [3.05, 3.63) is 88.0 Å². The normalized spacial score (nSPS) is 11.9. The zero-order chi connectivity index (χ0) is 19.8. The number of hydrogen-bond acceptors (Lipinski definition) is 3. The second-order valence-corrected chi connectivity index (χ2v) is 5.79. The highest BCUT2D eigenvalue weighted by Gasteiger charge is 2.13. The molecule has 0 radical (unpaired) electrons. The number of nitro groups is 1. The molecule has 0 aliphatic heterocycles. The molecule has 1 atom stereocenters. The van der Waals surface area contributed by atoms with Crippen molar-refractivity contribution in [2.75, 3.05) is 6.54 Å². The molecule has 2 rings (SSSR count). The fraction of sp³-hybridized carbons (Fsp3) is 0.211. The first kappa shape index (κ1) is 23.5. The Morgan fingerprint density at radius 2 is 1.96 bits per heavy atom. The third-order valence-corrected chi connectivity index (χ3v) is 3.76. The number of nitrogens with zero attached hydrogens (tertiary/aromatic N) is 2. The lowest BCUT2D eigenvalue weighted by Gasteiger charge is -2.19. The summed E-state index contributed by atoms with van der Waals surface area (Å²) in [5.41, 5.74) is 1.09. The van der Waals surface area contributed by atoms with E-state index in [0.717, 1.165) is 11.6 Å². The highest BCUT2D eigenvalue weighted by molar-refractivity contribution is 14.0. The second-order valence-electron chi connectivity index (χ2n) is 5.79. The van der Waals surface area contributed by atoms with E-state index in [4.69, 9.17) is 0 Å². The van der Waals surface area contributed by atoms with Crippen molar-refractivity contribution in [1.82, 2.24) is 10.6 Å². The topological polar surface area (TPSA) is 79.6 Å². The molecule has 0 saturated heterocycles. The first-order valence-corrected chi connectivity index (χ1v) is 8.24.